The predicted molar refractivity (Wildman–Crippen MR) is 104 cm³/mol. The summed E-state index contributed by atoms with van der Waals surface area (Å²) in [6.07, 6.45) is 7.29. The Morgan fingerprint density at radius 2 is 1.29 bits per heavy atom. The summed E-state index contributed by atoms with van der Waals surface area (Å²) in [4.78, 5) is 0. The van der Waals surface area contributed by atoms with Gasteiger partial charge in [0.1, 0.15) is 11.5 Å². The molecular weight excluding hydrogens is 332 g/mol. The van der Waals surface area contributed by atoms with E-state index in [-0.39, 0.29) is 0 Å². The fraction of sp³-hybridized carbons (Fsp3) is 0.684. The van der Waals surface area contributed by atoms with Gasteiger partial charge in [-0.3, -0.25) is 0 Å². The molecule has 134 valence electrons. The van der Waals surface area contributed by atoms with Crippen LogP contribution in [0.5, 0.6) is 11.5 Å². The molecule has 0 N–H and O–H groups in total. The van der Waals surface area contributed by atoms with Gasteiger partial charge in [0, 0.05) is 16.1 Å². The monoisotopic (exact) mass is 364 g/mol. The Morgan fingerprint density at radius 3 is 1.79 bits per heavy atom. The maximum absolute atomic E-state index is 5.77. The van der Waals surface area contributed by atoms with Crippen molar-refractivity contribution in [2.24, 2.45) is 0 Å². The molecule has 0 atom stereocenters. The summed E-state index contributed by atoms with van der Waals surface area (Å²) in [5.74, 6) is 1.87. The number of hydrogen-bond acceptors (Lipinski definition) is 3. The lowest BCUT2D eigenvalue weighted by atomic mass is 10.2. The topological polar surface area (TPSA) is 27.7 Å². The van der Waals surface area contributed by atoms with Crippen LogP contribution in [0.2, 0.25) is 18.6 Å². The van der Waals surface area contributed by atoms with E-state index in [4.69, 9.17) is 13.9 Å². The van der Waals surface area contributed by atoms with Crippen molar-refractivity contribution in [1.29, 1.82) is 0 Å². The Hall–Kier alpha value is -0.786. The van der Waals surface area contributed by atoms with Gasteiger partial charge in [-0.05, 0) is 50.1 Å². The zero-order chi connectivity index (χ0) is 17.3. The molecule has 0 saturated carbocycles. The molecule has 3 nitrogen and oxygen atoms in total. The Kier molecular flexibility index (Phi) is 13.9. The lowest BCUT2D eigenvalue weighted by molar-refractivity contribution is 0.297. The van der Waals surface area contributed by atoms with Crippen LogP contribution in [-0.4, -0.2) is 39.1 Å². The van der Waals surface area contributed by atoms with Crippen LogP contribution in [-0.2, 0) is 4.43 Å². The van der Waals surface area contributed by atoms with Crippen molar-refractivity contribution in [3.05, 3.63) is 24.3 Å². The van der Waals surface area contributed by atoms with Gasteiger partial charge in [-0.2, -0.15) is 0 Å². The van der Waals surface area contributed by atoms with Crippen molar-refractivity contribution < 1.29 is 13.9 Å². The van der Waals surface area contributed by atoms with Crippen LogP contribution in [0.15, 0.2) is 24.3 Å². The molecule has 1 aromatic carbocycles. The van der Waals surface area contributed by atoms with E-state index >= 15 is 0 Å². The van der Waals surface area contributed by atoms with E-state index in [0.29, 0.717) is 9.76 Å². The molecule has 0 saturated heterocycles. The van der Waals surface area contributed by atoms with Gasteiger partial charge in [-0.25, -0.2) is 0 Å². The number of unbranched alkanes of at least 4 members (excludes halogenated alkanes) is 4. The second-order valence-electron chi connectivity index (χ2n) is 5.72. The lowest BCUT2D eigenvalue weighted by Crippen LogP contribution is -2.00. The van der Waals surface area contributed by atoms with Crippen LogP contribution in [0.1, 0.15) is 45.4 Å². The maximum atomic E-state index is 5.77. The largest absolute Gasteiger partial charge is 0.494 e. The van der Waals surface area contributed by atoms with E-state index < -0.39 is 0 Å². The van der Waals surface area contributed by atoms with Gasteiger partial charge in [0.05, 0.1) is 13.2 Å². The summed E-state index contributed by atoms with van der Waals surface area (Å²) in [7, 11) is 1.74. The van der Waals surface area contributed by atoms with Crippen molar-refractivity contribution in [3.63, 3.8) is 0 Å². The number of ether oxygens (including phenoxy) is 2. The van der Waals surface area contributed by atoms with E-state index in [9.17, 15) is 0 Å². The highest BCUT2D eigenvalue weighted by Crippen LogP contribution is 2.18. The maximum Gasteiger partial charge on any atom is 0.229 e. The van der Waals surface area contributed by atoms with Crippen molar-refractivity contribution in [1.82, 2.24) is 0 Å². The average molecular weight is 365 g/mol. The standard InChI is InChI=1S/C19H32O3Si2/c1-3-22-24-17-9-5-7-15-21-19-12-10-18(11-13-19)20-14-6-4-8-16-23-2/h10-13H,3-9,14-17H2,1-2H3. The highest BCUT2D eigenvalue weighted by molar-refractivity contribution is 6.33. The van der Waals surface area contributed by atoms with Gasteiger partial charge in [-0.15, -0.1) is 0 Å². The molecule has 24 heavy (non-hydrogen) atoms. The third-order valence-corrected chi connectivity index (χ3v) is 5.51. The van der Waals surface area contributed by atoms with E-state index in [2.05, 4.69) is 6.55 Å². The molecular formula is C19H32O3Si2. The third-order valence-electron chi connectivity index (χ3n) is 3.60. The summed E-state index contributed by atoms with van der Waals surface area (Å²) in [6.45, 7) is 6.75. The van der Waals surface area contributed by atoms with E-state index in [1.807, 2.05) is 31.2 Å². The van der Waals surface area contributed by atoms with Gasteiger partial charge < -0.3 is 13.9 Å². The average Bonchev–Trinajstić information content (AvgIpc) is 2.61. The minimum atomic E-state index is 0.660. The van der Waals surface area contributed by atoms with Crippen LogP contribution in [0.25, 0.3) is 0 Å². The molecule has 0 unspecified atom stereocenters. The molecule has 0 aliphatic heterocycles. The van der Waals surface area contributed by atoms with Crippen LogP contribution in [0.4, 0.5) is 0 Å². The quantitative estimate of drug-likeness (QED) is 0.304. The van der Waals surface area contributed by atoms with Crippen molar-refractivity contribution in [2.75, 3.05) is 19.8 Å². The van der Waals surface area contributed by atoms with Gasteiger partial charge >= 0.3 is 0 Å². The van der Waals surface area contributed by atoms with Gasteiger partial charge in [0.15, 0.2) is 0 Å². The molecule has 0 aliphatic rings. The first-order chi connectivity index (χ1) is 11.9. The van der Waals surface area contributed by atoms with Gasteiger partial charge in [0.25, 0.3) is 0 Å². The fourth-order valence-electron chi connectivity index (χ4n) is 2.24. The second-order valence-corrected chi connectivity index (χ2v) is 8.01. The third kappa shape index (κ3) is 11.7. The predicted octanol–water partition coefficient (Wildman–Crippen LogP) is 5.03. The minimum Gasteiger partial charge on any atom is -0.494 e. The highest BCUT2D eigenvalue weighted by Gasteiger charge is 1.98. The van der Waals surface area contributed by atoms with Crippen LogP contribution in [0.3, 0.4) is 0 Å². The van der Waals surface area contributed by atoms with Gasteiger partial charge in [0.2, 0.25) is 9.76 Å². The fourth-order valence-corrected chi connectivity index (χ4v) is 3.59. The number of hydrogen-bond donors (Lipinski definition) is 0. The summed E-state index contributed by atoms with van der Waals surface area (Å²) in [5.41, 5.74) is 0. The zero-order valence-electron chi connectivity index (χ0n) is 15.3. The van der Waals surface area contributed by atoms with E-state index in [1.54, 1.807) is 0 Å². The second kappa shape index (κ2) is 15.7. The van der Waals surface area contributed by atoms with E-state index in [1.165, 1.54) is 37.8 Å². The van der Waals surface area contributed by atoms with Crippen LogP contribution < -0.4 is 9.47 Å². The molecule has 1 rings (SSSR count). The van der Waals surface area contributed by atoms with Crippen molar-refractivity contribution in [2.45, 2.75) is 64.1 Å². The Labute approximate surface area is 153 Å². The molecule has 1 aromatic rings. The van der Waals surface area contributed by atoms with Crippen molar-refractivity contribution in [3.8, 4) is 11.5 Å². The summed E-state index contributed by atoms with van der Waals surface area (Å²) < 4.78 is 16.9. The Balaban J connectivity index is 2.01. The Bertz CT molecular complexity index is 385. The number of benzene rings is 1. The molecule has 0 amide bonds. The molecule has 5 heteroatoms. The smallest absolute Gasteiger partial charge is 0.229 e. The van der Waals surface area contributed by atoms with Crippen LogP contribution in [0, 0.1) is 0 Å². The molecule has 0 aliphatic carbocycles. The first kappa shape index (κ1) is 21.3. The first-order valence-electron chi connectivity index (χ1n) is 9.21. The van der Waals surface area contributed by atoms with Crippen LogP contribution >= 0.6 is 0 Å². The summed E-state index contributed by atoms with van der Waals surface area (Å²) >= 11 is 0. The number of rotatable bonds is 16. The molecule has 4 radical (unpaired) electrons. The highest BCUT2D eigenvalue weighted by atomic mass is 28.2. The normalized spacial score (nSPS) is 10.8. The summed E-state index contributed by atoms with van der Waals surface area (Å²) in [5, 5.41) is 0. The molecule has 0 fully saturated rings. The Morgan fingerprint density at radius 1 is 0.750 bits per heavy atom. The zero-order valence-corrected chi connectivity index (χ0v) is 17.3. The van der Waals surface area contributed by atoms with Gasteiger partial charge in [-0.1, -0.05) is 38.3 Å². The van der Waals surface area contributed by atoms with E-state index in [0.717, 1.165) is 53.7 Å². The molecule has 0 bridgehead atoms. The summed E-state index contributed by atoms with van der Waals surface area (Å²) in [6, 6.07) is 10.6. The first-order valence-corrected chi connectivity index (χ1v) is 12.0. The van der Waals surface area contributed by atoms with Crippen molar-refractivity contribution >= 4 is 19.3 Å². The minimum absolute atomic E-state index is 0.660. The SMILES string of the molecule is CCO[Si]CCCCCOc1ccc(OCCCCC[Si]C)cc1. The molecule has 0 spiro atoms. The molecule has 0 aromatic heterocycles. The molecule has 0 heterocycles. The lowest BCUT2D eigenvalue weighted by Gasteiger charge is -2.09.